The van der Waals surface area contributed by atoms with Gasteiger partial charge in [0, 0.05) is 0 Å². The number of benzene rings is 2. The molecule has 86 valence electrons. The third-order valence-corrected chi connectivity index (χ3v) is 2.88. The van der Waals surface area contributed by atoms with Crippen molar-refractivity contribution in [3.63, 3.8) is 0 Å². The van der Waals surface area contributed by atoms with Crippen LogP contribution in [0, 0.1) is 0 Å². The third kappa shape index (κ3) is 3.19. The number of rotatable bonds is 4. The van der Waals surface area contributed by atoms with E-state index < -0.39 is 6.23 Å². The summed E-state index contributed by atoms with van der Waals surface area (Å²) in [5.74, 6) is 0. The zero-order valence-electron chi connectivity index (χ0n) is 9.66. The van der Waals surface area contributed by atoms with Crippen LogP contribution in [-0.4, -0.2) is 18.0 Å². The highest BCUT2D eigenvalue weighted by Crippen LogP contribution is 1.99. The van der Waals surface area contributed by atoms with Gasteiger partial charge in [-0.2, -0.15) is 0 Å². The van der Waals surface area contributed by atoms with Gasteiger partial charge in [-0.15, -0.1) is 0 Å². The molecule has 1 atom stereocenters. The van der Waals surface area contributed by atoms with Gasteiger partial charge in [0.05, 0.1) is 6.23 Å². The Morgan fingerprint density at radius 2 is 1.29 bits per heavy atom. The molecule has 0 fully saturated rings. The minimum Gasteiger partial charge on any atom is -0.380 e. The highest BCUT2D eigenvalue weighted by atomic mass is 16.3. The molecule has 0 radical (unpaired) electrons. The molecule has 0 aliphatic rings. The summed E-state index contributed by atoms with van der Waals surface area (Å²) < 4.78 is 0. The second-order valence-electron chi connectivity index (χ2n) is 4.18. The van der Waals surface area contributed by atoms with Gasteiger partial charge in [0.15, 0.2) is 0 Å². The first-order chi connectivity index (χ1) is 8.27. The van der Waals surface area contributed by atoms with Crippen molar-refractivity contribution in [1.82, 2.24) is 0 Å². The average molecular weight is 225 g/mol. The predicted octanol–water partition coefficient (Wildman–Crippen LogP) is 0.573. The van der Waals surface area contributed by atoms with Crippen molar-refractivity contribution >= 4 is 17.6 Å². The molecule has 17 heavy (non-hydrogen) atoms. The Balaban J connectivity index is 2.32. The van der Waals surface area contributed by atoms with E-state index in [1.165, 1.54) is 10.9 Å². The standard InChI is InChI=1S/C14H16BNO/c16-14(17)11-15(12-7-3-1-4-8-12)13-9-5-2-6-10-13/h1-10,14,17H,11,16H2. The van der Waals surface area contributed by atoms with E-state index >= 15 is 0 Å². The zero-order valence-corrected chi connectivity index (χ0v) is 9.66. The molecule has 0 saturated heterocycles. The van der Waals surface area contributed by atoms with Crippen LogP contribution in [0.2, 0.25) is 6.32 Å². The Bertz CT molecular complexity index is 405. The largest absolute Gasteiger partial charge is 0.380 e. The first kappa shape index (κ1) is 11.9. The molecular formula is C14H16BNO. The summed E-state index contributed by atoms with van der Waals surface area (Å²) >= 11 is 0. The molecule has 0 saturated carbocycles. The first-order valence-electron chi connectivity index (χ1n) is 5.81. The molecule has 3 N–H and O–H groups in total. The number of aliphatic hydroxyl groups is 1. The van der Waals surface area contributed by atoms with E-state index in [4.69, 9.17) is 5.73 Å². The van der Waals surface area contributed by atoms with Crippen molar-refractivity contribution in [2.45, 2.75) is 12.5 Å². The summed E-state index contributed by atoms with van der Waals surface area (Å²) in [6, 6.07) is 20.3. The van der Waals surface area contributed by atoms with Crippen LogP contribution in [0.4, 0.5) is 0 Å². The average Bonchev–Trinajstić information content (AvgIpc) is 2.38. The molecule has 2 nitrogen and oxygen atoms in total. The number of hydrogen-bond donors (Lipinski definition) is 2. The number of hydrogen-bond acceptors (Lipinski definition) is 2. The minimum absolute atomic E-state index is 0.150. The molecule has 0 aliphatic heterocycles. The predicted molar refractivity (Wildman–Crippen MR) is 72.9 cm³/mol. The molecule has 3 heteroatoms. The normalized spacial score (nSPS) is 12.1. The molecule has 2 aromatic carbocycles. The van der Waals surface area contributed by atoms with Gasteiger partial charge in [0.25, 0.3) is 0 Å². The van der Waals surface area contributed by atoms with Crippen molar-refractivity contribution in [2.75, 3.05) is 0 Å². The summed E-state index contributed by atoms with van der Waals surface area (Å²) in [4.78, 5) is 0. The second kappa shape index (κ2) is 5.66. The highest BCUT2D eigenvalue weighted by molar-refractivity contribution is 6.85. The molecule has 0 amide bonds. The summed E-state index contributed by atoms with van der Waals surface area (Å²) in [6.45, 7) is 0.150. The molecule has 1 unspecified atom stereocenters. The van der Waals surface area contributed by atoms with Crippen LogP contribution in [0.3, 0.4) is 0 Å². The summed E-state index contributed by atoms with van der Waals surface area (Å²) in [5.41, 5.74) is 7.89. The lowest BCUT2D eigenvalue weighted by Gasteiger charge is -2.16. The Labute approximate surface area is 102 Å². The fourth-order valence-corrected chi connectivity index (χ4v) is 2.08. The van der Waals surface area contributed by atoms with E-state index in [9.17, 15) is 5.11 Å². The first-order valence-corrected chi connectivity index (χ1v) is 5.81. The summed E-state index contributed by atoms with van der Waals surface area (Å²) in [7, 11) is 0. The van der Waals surface area contributed by atoms with Gasteiger partial charge in [-0.1, -0.05) is 71.6 Å². The van der Waals surface area contributed by atoms with Crippen LogP contribution in [0.5, 0.6) is 0 Å². The van der Waals surface area contributed by atoms with Gasteiger partial charge >= 0.3 is 0 Å². The smallest absolute Gasteiger partial charge is 0.213 e. The topological polar surface area (TPSA) is 46.2 Å². The van der Waals surface area contributed by atoms with Gasteiger partial charge in [-0.05, 0) is 6.32 Å². The molecular weight excluding hydrogens is 209 g/mol. The lowest BCUT2D eigenvalue weighted by atomic mass is 9.38. The fourth-order valence-electron chi connectivity index (χ4n) is 2.08. The quantitative estimate of drug-likeness (QED) is 0.590. The second-order valence-corrected chi connectivity index (χ2v) is 4.18. The maximum Gasteiger partial charge on any atom is 0.213 e. The molecule has 0 aliphatic carbocycles. The van der Waals surface area contributed by atoms with E-state index in [0.717, 1.165) is 0 Å². The lowest BCUT2D eigenvalue weighted by molar-refractivity contribution is 0.202. The number of aliphatic hydroxyl groups excluding tert-OH is 1. The van der Waals surface area contributed by atoms with Crippen molar-refractivity contribution in [3.8, 4) is 0 Å². The highest BCUT2D eigenvalue weighted by Gasteiger charge is 2.20. The van der Waals surface area contributed by atoms with E-state index in [-0.39, 0.29) is 6.71 Å². The monoisotopic (exact) mass is 225 g/mol. The van der Waals surface area contributed by atoms with Crippen molar-refractivity contribution < 1.29 is 5.11 Å². The Kier molecular flexibility index (Phi) is 3.96. The SMILES string of the molecule is NC(O)CB(c1ccccc1)c1ccccc1. The van der Waals surface area contributed by atoms with Crippen LogP contribution in [0.15, 0.2) is 60.7 Å². The van der Waals surface area contributed by atoms with E-state index in [1.54, 1.807) is 0 Å². The zero-order chi connectivity index (χ0) is 12.1. The molecule has 0 spiro atoms. The van der Waals surface area contributed by atoms with Crippen LogP contribution < -0.4 is 16.7 Å². The van der Waals surface area contributed by atoms with Crippen molar-refractivity contribution in [2.24, 2.45) is 5.73 Å². The summed E-state index contributed by atoms with van der Waals surface area (Å²) in [5, 5.41) is 9.42. The van der Waals surface area contributed by atoms with E-state index in [2.05, 4.69) is 24.3 Å². The molecule has 2 rings (SSSR count). The maximum absolute atomic E-state index is 9.42. The molecule has 0 aromatic heterocycles. The van der Waals surface area contributed by atoms with Gasteiger partial charge in [0.2, 0.25) is 6.71 Å². The van der Waals surface area contributed by atoms with Crippen LogP contribution in [0.25, 0.3) is 0 Å². The van der Waals surface area contributed by atoms with Gasteiger partial charge in [-0.25, -0.2) is 0 Å². The maximum atomic E-state index is 9.42. The lowest BCUT2D eigenvalue weighted by Crippen LogP contribution is -2.45. The number of nitrogens with two attached hydrogens (primary N) is 1. The molecule has 2 aromatic rings. The van der Waals surface area contributed by atoms with Crippen molar-refractivity contribution in [3.05, 3.63) is 60.7 Å². The van der Waals surface area contributed by atoms with Gasteiger partial charge in [0.1, 0.15) is 0 Å². The minimum atomic E-state index is -0.791. The Hall–Kier alpha value is -1.58. The summed E-state index contributed by atoms with van der Waals surface area (Å²) in [6.07, 6.45) is -0.256. The Morgan fingerprint density at radius 1 is 0.882 bits per heavy atom. The van der Waals surface area contributed by atoms with Gasteiger partial charge < -0.3 is 10.8 Å². The van der Waals surface area contributed by atoms with E-state index in [0.29, 0.717) is 6.32 Å². The van der Waals surface area contributed by atoms with E-state index in [1.807, 2.05) is 36.4 Å². The van der Waals surface area contributed by atoms with Crippen LogP contribution in [0.1, 0.15) is 0 Å². The molecule has 0 heterocycles. The van der Waals surface area contributed by atoms with Crippen LogP contribution >= 0.6 is 0 Å². The Morgan fingerprint density at radius 3 is 1.65 bits per heavy atom. The van der Waals surface area contributed by atoms with Crippen molar-refractivity contribution in [1.29, 1.82) is 0 Å². The fraction of sp³-hybridized carbons (Fsp3) is 0.143. The third-order valence-electron chi connectivity index (χ3n) is 2.88. The van der Waals surface area contributed by atoms with Gasteiger partial charge in [-0.3, -0.25) is 0 Å². The van der Waals surface area contributed by atoms with Crippen LogP contribution in [-0.2, 0) is 0 Å². The molecule has 0 bridgehead atoms.